The van der Waals surface area contributed by atoms with E-state index in [2.05, 4.69) is 0 Å². The molecule has 7 heteroatoms. The van der Waals surface area contributed by atoms with Crippen LogP contribution in [0.15, 0.2) is 60.7 Å². The third kappa shape index (κ3) is 4.87. The van der Waals surface area contributed by atoms with E-state index < -0.39 is 30.1 Å². The molecule has 0 unspecified atom stereocenters. The number of ether oxygens (including phenoxy) is 2. The zero-order chi connectivity index (χ0) is 20.8. The summed E-state index contributed by atoms with van der Waals surface area (Å²) in [6.07, 6.45) is -1.78. The number of hydrogen-bond acceptors (Lipinski definition) is 6. The second-order valence-electron chi connectivity index (χ2n) is 6.67. The van der Waals surface area contributed by atoms with Gasteiger partial charge in [0.1, 0.15) is 12.6 Å². The summed E-state index contributed by atoms with van der Waals surface area (Å²) >= 11 is 0. The van der Waals surface area contributed by atoms with E-state index in [1.54, 1.807) is 54.6 Å². The maximum atomic E-state index is 12.6. The fourth-order valence-corrected chi connectivity index (χ4v) is 3.07. The van der Waals surface area contributed by atoms with E-state index in [-0.39, 0.29) is 25.2 Å². The van der Waals surface area contributed by atoms with E-state index in [4.69, 9.17) is 9.47 Å². The predicted molar refractivity (Wildman–Crippen MR) is 103 cm³/mol. The maximum absolute atomic E-state index is 12.6. The first kappa shape index (κ1) is 20.3. The molecule has 2 amide bonds. The highest BCUT2D eigenvalue weighted by atomic mass is 16.6. The van der Waals surface area contributed by atoms with Gasteiger partial charge in [-0.25, -0.2) is 14.5 Å². The quantitative estimate of drug-likeness (QED) is 0.551. The highest BCUT2D eigenvalue weighted by molar-refractivity contribution is 6.02. The summed E-state index contributed by atoms with van der Waals surface area (Å²) in [6, 6.07) is 16.3. The van der Waals surface area contributed by atoms with Crippen LogP contribution in [0.1, 0.15) is 35.7 Å². The van der Waals surface area contributed by atoms with Crippen molar-refractivity contribution < 1.29 is 28.7 Å². The molecule has 1 aliphatic rings. The predicted octanol–water partition coefficient (Wildman–Crippen LogP) is 3.13. The number of rotatable bonds is 6. The Morgan fingerprint density at radius 2 is 1.66 bits per heavy atom. The molecule has 2 aromatic rings. The van der Waals surface area contributed by atoms with Crippen molar-refractivity contribution in [3.8, 4) is 0 Å². The Hall–Kier alpha value is -3.48. The average Bonchev–Trinajstić information content (AvgIpc) is 3.14. The van der Waals surface area contributed by atoms with E-state index >= 15 is 0 Å². The molecule has 2 atom stereocenters. The van der Waals surface area contributed by atoms with E-state index in [9.17, 15) is 19.2 Å². The molecular formula is C22H21NO6. The topological polar surface area (TPSA) is 90.0 Å². The number of hydrogen-bond donors (Lipinski definition) is 0. The standard InChI is InChI=1S/C22H21NO6/c1-15(20(25)17-10-6-3-7-11-17)29-21(26)18-12-13-19(24)23(18)22(27)28-14-16-8-4-2-5-9-16/h2-11,15,18H,12-14H2,1H3/t15-,18-/m1/s1. The molecule has 1 fully saturated rings. The molecule has 7 nitrogen and oxygen atoms in total. The number of likely N-dealkylation sites (tertiary alicyclic amines) is 1. The number of nitrogens with zero attached hydrogens (tertiary/aromatic N) is 1. The number of amides is 2. The third-order valence-electron chi connectivity index (χ3n) is 4.61. The summed E-state index contributed by atoms with van der Waals surface area (Å²) in [6.45, 7) is 1.44. The molecule has 0 bridgehead atoms. The fourth-order valence-electron chi connectivity index (χ4n) is 3.07. The second-order valence-corrected chi connectivity index (χ2v) is 6.67. The van der Waals surface area contributed by atoms with Gasteiger partial charge in [-0.05, 0) is 18.9 Å². The number of esters is 1. The number of benzene rings is 2. The number of carbonyl (C=O) groups is 4. The van der Waals surface area contributed by atoms with Crippen molar-refractivity contribution in [1.82, 2.24) is 4.90 Å². The fraction of sp³-hybridized carbons (Fsp3) is 0.273. The largest absolute Gasteiger partial charge is 0.453 e. The van der Waals surface area contributed by atoms with Gasteiger partial charge < -0.3 is 9.47 Å². The highest BCUT2D eigenvalue weighted by Crippen LogP contribution is 2.22. The lowest BCUT2D eigenvalue weighted by Gasteiger charge is -2.22. The summed E-state index contributed by atoms with van der Waals surface area (Å²) in [4.78, 5) is 50.2. The SMILES string of the molecule is C[C@@H](OC(=O)[C@H]1CCC(=O)N1C(=O)OCc1ccccc1)C(=O)c1ccccc1. The van der Waals surface area contributed by atoms with Crippen molar-refractivity contribution in [3.63, 3.8) is 0 Å². The summed E-state index contributed by atoms with van der Waals surface area (Å²) in [5, 5.41) is 0. The molecule has 1 heterocycles. The van der Waals surface area contributed by atoms with Gasteiger partial charge in [-0.1, -0.05) is 60.7 Å². The number of Topliss-reactive ketones (excluding diaryl/α,β-unsaturated/α-hetero) is 1. The molecular weight excluding hydrogens is 374 g/mol. The van der Waals surface area contributed by atoms with Crippen LogP contribution in [0.4, 0.5) is 4.79 Å². The van der Waals surface area contributed by atoms with Crippen LogP contribution in [0.2, 0.25) is 0 Å². The summed E-state index contributed by atoms with van der Waals surface area (Å²) < 4.78 is 10.4. The molecule has 3 rings (SSSR count). The number of imide groups is 1. The summed E-state index contributed by atoms with van der Waals surface area (Å²) in [5.41, 5.74) is 1.17. The maximum Gasteiger partial charge on any atom is 0.417 e. The molecule has 0 N–H and O–H groups in total. The Kier molecular flexibility index (Phi) is 6.39. The lowest BCUT2D eigenvalue weighted by Crippen LogP contribution is -2.45. The van der Waals surface area contributed by atoms with Crippen LogP contribution in [-0.4, -0.2) is 40.8 Å². The Balaban J connectivity index is 1.62. The molecule has 1 saturated heterocycles. The first-order valence-corrected chi connectivity index (χ1v) is 9.30. The highest BCUT2D eigenvalue weighted by Gasteiger charge is 2.43. The Morgan fingerprint density at radius 1 is 1.03 bits per heavy atom. The molecule has 2 aromatic carbocycles. The van der Waals surface area contributed by atoms with E-state index in [1.165, 1.54) is 6.92 Å². The molecule has 0 aliphatic carbocycles. The molecule has 0 saturated carbocycles. The lowest BCUT2D eigenvalue weighted by atomic mass is 10.1. The molecule has 0 radical (unpaired) electrons. The van der Waals surface area contributed by atoms with Crippen LogP contribution < -0.4 is 0 Å². The van der Waals surface area contributed by atoms with Gasteiger partial charge in [0.15, 0.2) is 6.10 Å². The van der Waals surface area contributed by atoms with Crippen molar-refractivity contribution in [2.45, 2.75) is 38.5 Å². The Morgan fingerprint density at radius 3 is 2.31 bits per heavy atom. The minimum atomic E-state index is -1.10. The van der Waals surface area contributed by atoms with Gasteiger partial charge >= 0.3 is 12.1 Å². The van der Waals surface area contributed by atoms with Crippen LogP contribution in [0.5, 0.6) is 0 Å². The van der Waals surface area contributed by atoms with Crippen LogP contribution >= 0.6 is 0 Å². The van der Waals surface area contributed by atoms with Gasteiger partial charge in [-0.2, -0.15) is 0 Å². The van der Waals surface area contributed by atoms with Crippen molar-refractivity contribution >= 4 is 23.8 Å². The van der Waals surface area contributed by atoms with Crippen molar-refractivity contribution in [1.29, 1.82) is 0 Å². The van der Waals surface area contributed by atoms with Gasteiger partial charge in [-0.3, -0.25) is 9.59 Å². The third-order valence-corrected chi connectivity index (χ3v) is 4.61. The zero-order valence-corrected chi connectivity index (χ0v) is 15.9. The van der Waals surface area contributed by atoms with Crippen molar-refractivity contribution in [3.05, 3.63) is 71.8 Å². The monoisotopic (exact) mass is 395 g/mol. The first-order valence-electron chi connectivity index (χ1n) is 9.30. The lowest BCUT2D eigenvalue weighted by molar-refractivity contribution is -0.153. The zero-order valence-electron chi connectivity index (χ0n) is 15.9. The molecule has 29 heavy (non-hydrogen) atoms. The number of ketones is 1. The molecule has 0 aromatic heterocycles. The molecule has 150 valence electrons. The van der Waals surface area contributed by atoms with Crippen LogP contribution in [-0.2, 0) is 25.7 Å². The Bertz CT molecular complexity index is 896. The van der Waals surface area contributed by atoms with E-state index in [0.717, 1.165) is 10.5 Å². The van der Waals surface area contributed by atoms with Gasteiger partial charge in [-0.15, -0.1) is 0 Å². The average molecular weight is 395 g/mol. The molecule has 0 spiro atoms. The smallest absolute Gasteiger partial charge is 0.417 e. The van der Waals surface area contributed by atoms with Gasteiger partial charge in [0.2, 0.25) is 11.7 Å². The normalized spacial score (nSPS) is 16.9. The van der Waals surface area contributed by atoms with Crippen LogP contribution in [0.3, 0.4) is 0 Å². The second kappa shape index (κ2) is 9.14. The van der Waals surface area contributed by atoms with Crippen LogP contribution in [0.25, 0.3) is 0 Å². The molecule has 1 aliphatic heterocycles. The Labute approximate surface area is 168 Å². The first-order chi connectivity index (χ1) is 14.0. The minimum absolute atomic E-state index is 0.0197. The van der Waals surface area contributed by atoms with Gasteiger partial charge in [0, 0.05) is 12.0 Å². The minimum Gasteiger partial charge on any atom is -0.453 e. The van der Waals surface area contributed by atoms with Crippen LogP contribution in [0, 0.1) is 0 Å². The summed E-state index contributed by atoms with van der Waals surface area (Å²) in [7, 11) is 0. The summed E-state index contributed by atoms with van der Waals surface area (Å²) in [5.74, 6) is -1.67. The van der Waals surface area contributed by atoms with Gasteiger partial charge in [0.05, 0.1) is 0 Å². The van der Waals surface area contributed by atoms with Crippen molar-refractivity contribution in [2.75, 3.05) is 0 Å². The van der Waals surface area contributed by atoms with E-state index in [0.29, 0.717) is 5.56 Å². The van der Waals surface area contributed by atoms with E-state index in [1.807, 2.05) is 6.07 Å². The number of carbonyl (C=O) groups excluding carboxylic acids is 4. The van der Waals surface area contributed by atoms with Crippen molar-refractivity contribution in [2.24, 2.45) is 0 Å². The van der Waals surface area contributed by atoms with Gasteiger partial charge in [0.25, 0.3) is 0 Å².